The molecule has 0 aromatic heterocycles. The van der Waals surface area contributed by atoms with E-state index in [1.807, 2.05) is 12.1 Å². The Hall–Kier alpha value is -2.37. The normalized spacial score (nSPS) is 13.9. The molecule has 1 aromatic carbocycles. The summed E-state index contributed by atoms with van der Waals surface area (Å²) in [6.07, 6.45) is 1.03. The summed E-state index contributed by atoms with van der Waals surface area (Å²) in [6, 6.07) is 7.40. The number of fused-ring (bicyclic) bond motifs is 1. The molecule has 1 aliphatic rings. The van der Waals surface area contributed by atoms with E-state index in [0.29, 0.717) is 12.8 Å². The third-order valence-corrected chi connectivity index (χ3v) is 2.93. The van der Waals surface area contributed by atoms with Crippen LogP contribution in [0.15, 0.2) is 24.3 Å². The van der Waals surface area contributed by atoms with Gasteiger partial charge in [0.05, 0.1) is 0 Å². The molecule has 0 fully saturated rings. The molecular weight excluding hydrogens is 248 g/mol. The van der Waals surface area contributed by atoms with E-state index in [0.717, 1.165) is 11.3 Å². The average Bonchev–Trinajstić information content (AvgIpc) is 2.40. The Labute approximate surface area is 110 Å². The van der Waals surface area contributed by atoms with Crippen molar-refractivity contribution in [2.75, 3.05) is 18.0 Å². The quantitative estimate of drug-likeness (QED) is 0.809. The van der Waals surface area contributed by atoms with Crippen molar-refractivity contribution in [1.29, 1.82) is 0 Å². The van der Waals surface area contributed by atoms with Gasteiger partial charge in [0.1, 0.15) is 13.1 Å². The lowest BCUT2D eigenvalue weighted by Gasteiger charge is -2.28. The average molecular weight is 262 g/mol. The van der Waals surface area contributed by atoms with Gasteiger partial charge in [-0.05, 0) is 18.1 Å². The summed E-state index contributed by atoms with van der Waals surface area (Å²) in [5, 5.41) is 10.7. The monoisotopic (exact) mass is 262 g/mol. The van der Waals surface area contributed by atoms with Crippen LogP contribution in [0.5, 0.6) is 0 Å². The molecule has 0 spiro atoms. The number of nitrogens with zero attached hydrogens (tertiary/aromatic N) is 1. The summed E-state index contributed by atoms with van der Waals surface area (Å²) in [5.41, 5.74) is 1.75. The predicted octanol–water partition coefficient (Wildman–Crippen LogP) is 0.167. The Kier molecular flexibility index (Phi) is 3.79. The van der Waals surface area contributed by atoms with E-state index in [9.17, 15) is 14.4 Å². The highest BCUT2D eigenvalue weighted by atomic mass is 16.4. The molecule has 1 heterocycles. The van der Waals surface area contributed by atoms with Crippen LogP contribution in [-0.4, -0.2) is 36.0 Å². The molecule has 0 unspecified atom stereocenters. The molecule has 1 aromatic rings. The fourth-order valence-electron chi connectivity index (χ4n) is 2.04. The Bertz CT molecular complexity index is 527. The van der Waals surface area contributed by atoms with Crippen LogP contribution >= 0.6 is 0 Å². The lowest BCUT2D eigenvalue weighted by molar-refractivity contribution is -0.137. The summed E-state index contributed by atoms with van der Waals surface area (Å²) in [5.74, 6) is -1.71. The second kappa shape index (κ2) is 5.51. The number of para-hydroxylation sites is 1. The highest BCUT2D eigenvalue weighted by Crippen LogP contribution is 2.26. The number of carbonyl (C=O) groups excluding carboxylic acids is 2. The maximum atomic E-state index is 11.9. The second-order valence-corrected chi connectivity index (χ2v) is 4.28. The van der Waals surface area contributed by atoms with Crippen molar-refractivity contribution < 1.29 is 19.5 Å². The van der Waals surface area contributed by atoms with E-state index in [2.05, 4.69) is 5.32 Å². The molecule has 0 bridgehead atoms. The van der Waals surface area contributed by atoms with Gasteiger partial charge in [-0.3, -0.25) is 14.4 Å². The summed E-state index contributed by atoms with van der Waals surface area (Å²) in [4.78, 5) is 35.2. The number of rotatable bonds is 4. The van der Waals surface area contributed by atoms with Gasteiger partial charge >= 0.3 is 5.97 Å². The smallest absolute Gasteiger partial charge is 0.322 e. The van der Waals surface area contributed by atoms with Gasteiger partial charge in [-0.25, -0.2) is 0 Å². The van der Waals surface area contributed by atoms with Crippen LogP contribution < -0.4 is 10.2 Å². The van der Waals surface area contributed by atoms with Crippen molar-refractivity contribution in [3.05, 3.63) is 29.8 Å². The number of benzene rings is 1. The Balaban J connectivity index is 2.09. The van der Waals surface area contributed by atoms with Crippen molar-refractivity contribution in [2.24, 2.45) is 0 Å². The first-order chi connectivity index (χ1) is 9.08. The van der Waals surface area contributed by atoms with E-state index < -0.39 is 18.4 Å². The number of aryl methyl sites for hydroxylation is 1. The molecule has 2 N–H and O–H groups in total. The maximum absolute atomic E-state index is 11.9. The van der Waals surface area contributed by atoms with Gasteiger partial charge in [0.15, 0.2) is 0 Å². The van der Waals surface area contributed by atoms with Crippen LogP contribution in [0.4, 0.5) is 5.69 Å². The fraction of sp³-hybridized carbons (Fsp3) is 0.308. The third kappa shape index (κ3) is 3.09. The molecule has 2 amide bonds. The molecule has 6 nitrogen and oxygen atoms in total. The molecule has 19 heavy (non-hydrogen) atoms. The number of anilines is 1. The molecule has 2 rings (SSSR count). The van der Waals surface area contributed by atoms with Crippen LogP contribution in [0, 0.1) is 0 Å². The number of aliphatic carboxylic acids is 1. The number of nitrogens with one attached hydrogen (secondary N) is 1. The highest BCUT2D eigenvalue weighted by Gasteiger charge is 2.25. The molecule has 0 radical (unpaired) electrons. The minimum atomic E-state index is -1.11. The van der Waals surface area contributed by atoms with E-state index in [4.69, 9.17) is 5.11 Å². The Morgan fingerprint density at radius 2 is 2.00 bits per heavy atom. The van der Waals surface area contributed by atoms with Gasteiger partial charge in [0.2, 0.25) is 11.8 Å². The third-order valence-electron chi connectivity index (χ3n) is 2.93. The molecular formula is C13H14N2O4. The van der Waals surface area contributed by atoms with Gasteiger partial charge in [-0.1, -0.05) is 18.2 Å². The zero-order chi connectivity index (χ0) is 13.8. The van der Waals surface area contributed by atoms with Crippen molar-refractivity contribution in [1.82, 2.24) is 5.32 Å². The first-order valence-electron chi connectivity index (χ1n) is 5.94. The number of hydrogen-bond donors (Lipinski definition) is 2. The van der Waals surface area contributed by atoms with E-state index in [1.165, 1.54) is 4.90 Å². The van der Waals surface area contributed by atoms with Gasteiger partial charge < -0.3 is 15.3 Å². The topological polar surface area (TPSA) is 86.7 Å². The predicted molar refractivity (Wildman–Crippen MR) is 67.8 cm³/mol. The van der Waals surface area contributed by atoms with Crippen LogP contribution in [0.25, 0.3) is 0 Å². The first-order valence-corrected chi connectivity index (χ1v) is 5.94. The maximum Gasteiger partial charge on any atom is 0.322 e. The molecule has 6 heteroatoms. The van der Waals surface area contributed by atoms with Crippen LogP contribution in [0.1, 0.15) is 12.0 Å². The largest absolute Gasteiger partial charge is 0.480 e. The highest BCUT2D eigenvalue weighted by molar-refractivity contribution is 6.01. The minimum Gasteiger partial charge on any atom is -0.480 e. The molecule has 0 saturated heterocycles. The number of hydrogen-bond acceptors (Lipinski definition) is 3. The van der Waals surface area contributed by atoms with E-state index >= 15 is 0 Å². The Morgan fingerprint density at radius 3 is 2.74 bits per heavy atom. The molecule has 0 aliphatic carbocycles. The second-order valence-electron chi connectivity index (χ2n) is 4.28. The summed E-state index contributed by atoms with van der Waals surface area (Å²) in [6.45, 7) is -0.592. The summed E-state index contributed by atoms with van der Waals surface area (Å²) >= 11 is 0. The van der Waals surface area contributed by atoms with Crippen LogP contribution in [0.2, 0.25) is 0 Å². The molecule has 0 atom stereocenters. The van der Waals surface area contributed by atoms with Crippen molar-refractivity contribution >= 4 is 23.5 Å². The van der Waals surface area contributed by atoms with Crippen molar-refractivity contribution in [3.63, 3.8) is 0 Å². The van der Waals surface area contributed by atoms with E-state index in [-0.39, 0.29) is 12.5 Å². The fourth-order valence-corrected chi connectivity index (χ4v) is 2.04. The standard InChI is InChI=1S/C13H14N2O4/c16-11(14-7-13(18)19)8-15-10-4-2-1-3-9(10)5-6-12(15)17/h1-4H,5-8H2,(H,14,16)(H,18,19). The molecule has 100 valence electrons. The van der Waals surface area contributed by atoms with Crippen LogP contribution in [0.3, 0.4) is 0 Å². The summed E-state index contributed by atoms with van der Waals surface area (Å²) < 4.78 is 0. The number of amides is 2. The number of carboxylic acids is 1. The van der Waals surface area contributed by atoms with Crippen molar-refractivity contribution in [2.45, 2.75) is 12.8 Å². The lowest BCUT2D eigenvalue weighted by atomic mass is 10.0. The van der Waals surface area contributed by atoms with Gasteiger partial charge in [-0.15, -0.1) is 0 Å². The lowest BCUT2D eigenvalue weighted by Crippen LogP contribution is -2.44. The zero-order valence-electron chi connectivity index (χ0n) is 10.3. The number of carbonyl (C=O) groups is 3. The SMILES string of the molecule is O=C(O)CNC(=O)CN1C(=O)CCc2ccccc21. The van der Waals surface area contributed by atoms with Gasteiger partial charge in [0, 0.05) is 12.1 Å². The Morgan fingerprint density at radius 1 is 1.26 bits per heavy atom. The minimum absolute atomic E-state index is 0.121. The van der Waals surface area contributed by atoms with Gasteiger partial charge in [-0.2, -0.15) is 0 Å². The van der Waals surface area contributed by atoms with Crippen molar-refractivity contribution in [3.8, 4) is 0 Å². The summed E-state index contributed by atoms with van der Waals surface area (Å²) in [7, 11) is 0. The number of carboxylic acid groups (broad SMARTS) is 1. The zero-order valence-corrected chi connectivity index (χ0v) is 10.3. The first kappa shape index (κ1) is 13.1. The molecule has 1 aliphatic heterocycles. The van der Waals surface area contributed by atoms with E-state index in [1.54, 1.807) is 12.1 Å². The van der Waals surface area contributed by atoms with Crippen LogP contribution in [-0.2, 0) is 20.8 Å². The molecule has 0 saturated carbocycles. The van der Waals surface area contributed by atoms with Gasteiger partial charge in [0.25, 0.3) is 0 Å².